The summed E-state index contributed by atoms with van der Waals surface area (Å²) in [6.45, 7) is 5.24. The SMILES string of the molecule is CCCN(C1CNC1)C1CCCC1S(C)(=O)=O. The highest BCUT2D eigenvalue weighted by atomic mass is 32.2. The standard InChI is InChI=1S/C12H24N2O2S/c1-3-7-14(10-8-13-9-10)11-5-4-6-12(11)17(2,15)16/h10-13H,3-9H2,1-2H3. The van der Waals surface area contributed by atoms with Gasteiger partial charge in [0.2, 0.25) is 0 Å². The Balaban J connectivity index is 2.11. The van der Waals surface area contributed by atoms with E-state index >= 15 is 0 Å². The minimum atomic E-state index is -2.89. The van der Waals surface area contributed by atoms with E-state index in [1.165, 1.54) is 6.26 Å². The normalized spacial score (nSPS) is 30.8. The number of sulfone groups is 1. The molecule has 0 aromatic carbocycles. The maximum absolute atomic E-state index is 11.8. The van der Waals surface area contributed by atoms with E-state index in [1.807, 2.05) is 0 Å². The summed E-state index contributed by atoms with van der Waals surface area (Å²) in [4.78, 5) is 2.45. The Morgan fingerprint density at radius 3 is 2.47 bits per heavy atom. The van der Waals surface area contributed by atoms with Crippen LogP contribution in [0.25, 0.3) is 0 Å². The molecule has 100 valence electrons. The van der Waals surface area contributed by atoms with Crippen molar-refractivity contribution in [2.24, 2.45) is 0 Å². The summed E-state index contributed by atoms with van der Waals surface area (Å²) >= 11 is 0. The van der Waals surface area contributed by atoms with Crippen molar-refractivity contribution in [2.75, 3.05) is 25.9 Å². The molecule has 1 saturated heterocycles. The predicted molar refractivity (Wildman–Crippen MR) is 69.9 cm³/mol. The van der Waals surface area contributed by atoms with E-state index in [-0.39, 0.29) is 11.3 Å². The van der Waals surface area contributed by atoms with Gasteiger partial charge in [-0.15, -0.1) is 0 Å². The van der Waals surface area contributed by atoms with E-state index < -0.39 is 9.84 Å². The fraction of sp³-hybridized carbons (Fsp3) is 1.00. The number of hydrogen-bond donors (Lipinski definition) is 1. The lowest BCUT2D eigenvalue weighted by Gasteiger charge is -2.43. The molecule has 0 aromatic rings. The van der Waals surface area contributed by atoms with Crippen LogP contribution in [0.1, 0.15) is 32.6 Å². The lowest BCUT2D eigenvalue weighted by Crippen LogP contribution is -2.61. The summed E-state index contributed by atoms with van der Waals surface area (Å²) in [6.07, 6.45) is 5.46. The molecule has 1 heterocycles. The van der Waals surface area contributed by atoms with Crippen molar-refractivity contribution >= 4 is 9.84 Å². The molecule has 1 aliphatic carbocycles. The van der Waals surface area contributed by atoms with Crippen LogP contribution < -0.4 is 5.32 Å². The second-order valence-corrected chi connectivity index (χ2v) is 7.68. The molecule has 4 nitrogen and oxygen atoms in total. The first-order valence-electron chi connectivity index (χ1n) is 6.69. The quantitative estimate of drug-likeness (QED) is 0.788. The van der Waals surface area contributed by atoms with Crippen molar-refractivity contribution in [1.29, 1.82) is 0 Å². The molecule has 1 saturated carbocycles. The van der Waals surface area contributed by atoms with E-state index in [4.69, 9.17) is 0 Å². The molecule has 2 rings (SSSR count). The van der Waals surface area contributed by atoms with Crippen molar-refractivity contribution in [1.82, 2.24) is 10.2 Å². The van der Waals surface area contributed by atoms with Gasteiger partial charge in [-0.05, 0) is 25.8 Å². The molecule has 0 bridgehead atoms. The minimum absolute atomic E-state index is 0.130. The Morgan fingerprint density at radius 2 is 2.00 bits per heavy atom. The van der Waals surface area contributed by atoms with Gasteiger partial charge in [0.1, 0.15) is 0 Å². The molecule has 0 aromatic heterocycles. The first-order valence-corrected chi connectivity index (χ1v) is 8.65. The molecule has 0 radical (unpaired) electrons. The first kappa shape index (κ1) is 13.3. The van der Waals surface area contributed by atoms with Crippen LogP contribution in [0.15, 0.2) is 0 Å². The van der Waals surface area contributed by atoms with E-state index in [0.717, 1.165) is 45.3 Å². The zero-order chi connectivity index (χ0) is 12.5. The van der Waals surface area contributed by atoms with Gasteiger partial charge in [-0.25, -0.2) is 8.42 Å². The first-order chi connectivity index (χ1) is 8.04. The van der Waals surface area contributed by atoms with Crippen molar-refractivity contribution in [2.45, 2.75) is 49.9 Å². The highest BCUT2D eigenvalue weighted by molar-refractivity contribution is 7.91. The summed E-state index contributed by atoms with van der Waals surface area (Å²) < 4.78 is 23.7. The Kier molecular flexibility index (Phi) is 4.10. The van der Waals surface area contributed by atoms with Crippen LogP contribution >= 0.6 is 0 Å². The molecule has 5 heteroatoms. The van der Waals surface area contributed by atoms with Crippen LogP contribution in [0.3, 0.4) is 0 Å². The van der Waals surface area contributed by atoms with Crippen LogP contribution in [-0.2, 0) is 9.84 Å². The third kappa shape index (κ3) is 2.83. The van der Waals surface area contributed by atoms with Gasteiger partial charge in [-0.3, -0.25) is 4.90 Å². The zero-order valence-electron chi connectivity index (χ0n) is 10.9. The number of hydrogen-bond acceptors (Lipinski definition) is 4. The predicted octanol–water partition coefficient (Wildman–Crippen LogP) is 0.636. The van der Waals surface area contributed by atoms with Gasteiger partial charge < -0.3 is 5.32 Å². The second kappa shape index (κ2) is 5.24. The van der Waals surface area contributed by atoms with Crippen LogP contribution in [0.4, 0.5) is 0 Å². The van der Waals surface area contributed by atoms with E-state index in [1.54, 1.807) is 0 Å². The van der Waals surface area contributed by atoms with Gasteiger partial charge in [-0.2, -0.15) is 0 Å². The van der Waals surface area contributed by atoms with Crippen LogP contribution in [0.2, 0.25) is 0 Å². The largest absolute Gasteiger partial charge is 0.314 e. The second-order valence-electron chi connectivity index (χ2n) is 5.42. The van der Waals surface area contributed by atoms with Gasteiger partial charge >= 0.3 is 0 Å². The maximum Gasteiger partial charge on any atom is 0.151 e. The molecule has 2 unspecified atom stereocenters. The van der Waals surface area contributed by atoms with Crippen molar-refractivity contribution in [3.8, 4) is 0 Å². The average molecular weight is 260 g/mol. The molecule has 2 fully saturated rings. The molecule has 2 atom stereocenters. The Labute approximate surface area is 105 Å². The Bertz CT molecular complexity index is 352. The van der Waals surface area contributed by atoms with E-state index in [9.17, 15) is 8.42 Å². The average Bonchev–Trinajstić information content (AvgIpc) is 2.61. The molecular formula is C12H24N2O2S. The summed E-state index contributed by atoms with van der Waals surface area (Å²) in [5, 5.41) is 3.16. The van der Waals surface area contributed by atoms with Gasteiger partial charge in [0.05, 0.1) is 5.25 Å². The summed E-state index contributed by atoms with van der Waals surface area (Å²) in [7, 11) is -2.89. The molecular weight excluding hydrogens is 236 g/mol. The molecule has 2 aliphatic rings. The summed E-state index contributed by atoms with van der Waals surface area (Å²) in [5.41, 5.74) is 0. The smallest absolute Gasteiger partial charge is 0.151 e. The van der Waals surface area contributed by atoms with E-state index in [2.05, 4.69) is 17.1 Å². The van der Waals surface area contributed by atoms with E-state index in [0.29, 0.717) is 6.04 Å². The summed E-state index contributed by atoms with van der Waals surface area (Å²) in [6, 6.07) is 0.819. The number of nitrogens with one attached hydrogen (secondary N) is 1. The fourth-order valence-electron chi connectivity index (χ4n) is 3.17. The van der Waals surface area contributed by atoms with Crippen LogP contribution in [0, 0.1) is 0 Å². The van der Waals surface area contributed by atoms with Gasteiger partial charge in [-0.1, -0.05) is 13.3 Å². The third-order valence-electron chi connectivity index (χ3n) is 4.10. The minimum Gasteiger partial charge on any atom is -0.314 e. The number of nitrogens with zero attached hydrogens (tertiary/aromatic N) is 1. The fourth-order valence-corrected chi connectivity index (χ4v) is 4.63. The maximum atomic E-state index is 11.8. The van der Waals surface area contributed by atoms with Crippen LogP contribution in [-0.4, -0.2) is 56.5 Å². The molecule has 1 N–H and O–H groups in total. The number of rotatable bonds is 5. The highest BCUT2D eigenvalue weighted by Gasteiger charge is 2.41. The topological polar surface area (TPSA) is 49.4 Å². The van der Waals surface area contributed by atoms with Crippen molar-refractivity contribution in [3.05, 3.63) is 0 Å². The summed E-state index contributed by atoms with van der Waals surface area (Å²) in [5.74, 6) is 0. The molecule has 17 heavy (non-hydrogen) atoms. The molecule has 1 aliphatic heterocycles. The monoisotopic (exact) mass is 260 g/mol. The lowest BCUT2D eigenvalue weighted by atomic mass is 10.1. The zero-order valence-corrected chi connectivity index (χ0v) is 11.7. The Hall–Kier alpha value is -0.130. The molecule has 0 amide bonds. The van der Waals surface area contributed by atoms with Crippen LogP contribution in [0.5, 0.6) is 0 Å². The van der Waals surface area contributed by atoms with Crippen molar-refractivity contribution < 1.29 is 8.42 Å². The van der Waals surface area contributed by atoms with Gasteiger partial charge in [0.15, 0.2) is 9.84 Å². The van der Waals surface area contributed by atoms with Gasteiger partial charge in [0.25, 0.3) is 0 Å². The Morgan fingerprint density at radius 1 is 1.29 bits per heavy atom. The van der Waals surface area contributed by atoms with Gasteiger partial charge in [0, 0.05) is 31.4 Å². The third-order valence-corrected chi connectivity index (χ3v) is 5.75. The molecule has 0 spiro atoms. The van der Waals surface area contributed by atoms with Crippen molar-refractivity contribution in [3.63, 3.8) is 0 Å². The highest BCUT2D eigenvalue weighted by Crippen LogP contribution is 2.31. The lowest BCUT2D eigenvalue weighted by molar-refractivity contribution is 0.0982.